The first kappa shape index (κ1) is 19.2. The highest BCUT2D eigenvalue weighted by Crippen LogP contribution is 2.44. The van der Waals surface area contributed by atoms with Gasteiger partial charge in [0.2, 0.25) is 11.7 Å². The van der Waals surface area contributed by atoms with Crippen LogP contribution in [0.5, 0.6) is 5.88 Å². The monoisotopic (exact) mass is 392 g/mol. The number of ether oxygens (including phenoxy) is 1. The molecule has 1 aromatic carbocycles. The number of nitriles is 1. The Labute approximate surface area is 169 Å². The summed E-state index contributed by atoms with van der Waals surface area (Å²) in [6.45, 7) is 0.520. The predicted molar refractivity (Wildman–Crippen MR) is 108 cm³/mol. The molecule has 1 spiro atoms. The third-order valence-corrected chi connectivity index (χ3v) is 6.26. The quantitative estimate of drug-likeness (QED) is 0.828. The normalized spacial score (nSPS) is 26.2. The van der Waals surface area contributed by atoms with E-state index >= 15 is 0 Å². The third kappa shape index (κ3) is 3.28. The van der Waals surface area contributed by atoms with Gasteiger partial charge in [0.05, 0.1) is 25.4 Å². The average molecular weight is 392 g/mol. The standard InChI is InChI=1S/C21H24N6O2/c1-23-21(15-6-4-3-5-7-15)10-8-20(9-11-21)14-27(19(28)26-20)16-13-24-17(12-22)25-18(16)29-2/h3-7,13,23H,8-11,14H2,1-2H3,(H,26,28)/t20-,21+. The molecule has 4 rings (SSSR count). The molecule has 2 aromatic rings. The number of rotatable bonds is 4. The van der Waals surface area contributed by atoms with Crippen LogP contribution in [0.25, 0.3) is 0 Å². The summed E-state index contributed by atoms with van der Waals surface area (Å²) in [5.74, 6) is 0.243. The summed E-state index contributed by atoms with van der Waals surface area (Å²) in [5.41, 5.74) is 1.38. The Morgan fingerprint density at radius 2 is 1.97 bits per heavy atom. The minimum absolute atomic E-state index is 0.0132. The maximum absolute atomic E-state index is 12.8. The van der Waals surface area contributed by atoms with E-state index in [1.54, 1.807) is 4.90 Å². The molecule has 1 aliphatic carbocycles. The fourth-order valence-corrected chi connectivity index (χ4v) is 4.53. The molecule has 2 aliphatic rings. The van der Waals surface area contributed by atoms with Crippen molar-refractivity contribution in [3.05, 3.63) is 47.9 Å². The molecular formula is C21H24N6O2. The lowest BCUT2D eigenvalue weighted by molar-refractivity contribution is 0.167. The van der Waals surface area contributed by atoms with Crippen LogP contribution in [0.4, 0.5) is 10.5 Å². The Balaban J connectivity index is 1.55. The highest BCUT2D eigenvalue weighted by atomic mass is 16.5. The first-order valence-electron chi connectivity index (χ1n) is 9.70. The predicted octanol–water partition coefficient (Wildman–Crippen LogP) is 2.31. The first-order chi connectivity index (χ1) is 14.0. The maximum Gasteiger partial charge on any atom is 0.322 e. The van der Waals surface area contributed by atoms with Crippen LogP contribution in [-0.4, -0.2) is 42.2 Å². The zero-order valence-electron chi connectivity index (χ0n) is 16.6. The Morgan fingerprint density at radius 1 is 1.24 bits per heavy atom. The van der Waals surface area contributed by atoms with Crippen molar-refractivity contribution in [3.63, 3.8) is 0 Å². The molecule has 1 aliphatic heterocycles. The van der Waals surface area contributed by atoms with Gasteiger partial charge in [-0.05, 0) is 38.3 Å². The van der Waals surface area contributed by atoms with Crippen LogP contribution < -0.4 is 20.3 Å². The molecule has 0 atom stereocenters. The summed E-state index contributed by atoms with van der Waals surface area (Å²) in [4.78, 5) is 22.5. The number of nitrogens with zero attached hydrogens (tertiary/aromatic N) is 4. The second-order valence-corrected chi connectivity index (χ2v) is 7.69. The van der Waals surface area contributed by atoms with E-state index in [0.29, 0.717) is 12.2 Å². The molecule has 0 unspecified atom stereocenters. The molecule has 1 saturated heterocycles. The van der Waals surface area contributed by atoms with Crippen LogP contribution in [0, 0.1) is 11.3 Å². The maximum atomic E-state index is 12.8. The molecule has 8 nitrogen and oxygen atoms in total. The van der Waals surface area contributed by atoms with Gasteiger partial charge in [0.25, 0.3) is 0 Å². The molecule has 29 heavy (non-hydrogen) atoms. The van der Waals surface area contributed by atoms with Gasteiger partial charge in [-0.15, -0.1) is 0 Å². The highest BCUT2D eigenvalue weighted by Gasteiger charge is 2.49. The number of hydrogen-bond acceptors (Lipinski definition) is 6. The molecule has 8 heteroatoms. The number of urea groups is 1. The van der Waals surface area contributed by atoms with Crippen LogP contribution in [-0.2, 0) is 5.54 Å². The number of aromatic nitrogens is 2. The van der Waals surface area contributed by atoms with Gasteiger partial charge in [-0.25, -0.2) is 9.78 Å². The minimum atomic E-state index is -0.300. The van der Waals surface area contributed by atoms with Gasteiger partial charge in [-0.2, -0.15) is 10.2 Å². The van der Waals surface area contributed by atoms with Gasteiger partial charge in [0.15, 0.2) is 0 Å². The molecular weight excluding hydrogens is 368 g/mol. The largest absolute Gasteiger partial charge is 0.479 e. The molecule has 1 aromatic heterocycles. The fraction of sp³-hybridized carbons (Fsp3) is 0.429. The van der Waals surface area contributed by atoms with Gasteiger partial charge in [-0.3, -0.25) is 4.90 Å². The summed E-state index contributed by atoms with van der Waals surface area (Å²) in [7, 11) is 3.47. The van der Waals surface area contributed by atoms with Crippen molar-refractivity contribution in [2.45, 2.75) is 36.8 Å². The summed E-state index contributed by atoms with van der Waals surface area (Å²) < 4.78 is 5.30. The number of hydrogen-bond donors (Lipinski definition) is 2. The Kier molecular flexibility index (Phi) is 4.84. The number of methoxy groups -OCH3 is 1. The lowest BCUT2D eigenvalue weighted by atomic mass is 9.69. The van der Waals surface area contributed by atoms with Gasteiger partial charge in [0.1, 0.15) is 11.8 Å². The summed E-state index contributed by atoms with van der Waals surface area (Å²) in [6.07, 6.45) is 5.02. The van der Waals surface area contributed by atoms with Crippen molar-refractivity contribution < 1.29 is 9.53 Å². The first-order valence-corrected chi connectivity index (χ1v) is 9.70. The number of amides is 2. The second kappa shape index (κ2) is 7.33. The van der Waals surface area contributed by atoms with E-state index in [-0.39, 0.29) is 28.8 Å². The molecule has 2 fully saturated rings. The van der Waals surface area contributed by atoms with Crippen LogP contribution in [0.2, 0.25) is 0 Å². The van der Waals surface area contributed by atoms with Gasteiger partial charge < -0.3 is 15.4 Å². The molecule has 2 heterocycles. The SMILES string of the molecule is CN[C@]1(c2ccccc2)CC[C@]2(CC1)CN(c1cnc(C#N)nc1OC)C(=O)N2. The summed E-state index contributed by atoms with van der Waals surface area (Å²) in [6, 6.07) is 12.2. The van der Waals surface area contributed by atoms with Crippen LogP contribution in [0.3, 0.4) is 0 Å². The van der Waals surface area contributed by atoms with Gasteiger partial charge in [0, 0.05) is 5.54 Å². The van der Waals surface area contributed by atoms with Crippen LogP contribution >= 0.6 is 0 Å². The van der Waals surface area contributed by atoms with E-state index in [1.807, 2.05) is 19.2 Å². The zero-order chi connectivity index (χ0) is 20.5. The lowest BCUT2D eigenvalue weighted by Crippen LogP contribution is -2.53. The van der Waals surface area contributed by atoms with Crippen molar-refractivity contribution in [1.29, 1.82) is 5.26 Å². The number of benzene rings is 1. The van der Waals surface area contributed by atoms with E-state index in [9.17, 15) is 4.79 Å². The van der Waals surface area contributed by atoms with Gasteiger partial charge in [-0.1, -0.05) is 30.3 Å². The Hall–Kier alpha value is -3.18. The van der Waals surface area contributed by atoms with Crippen molar-refractivity contribution in [1.82, 2.24) is 20.6 Å². The molecule has 0 bridgehead atoms. The summed E-state index contributed by atoms with van der Waals surface area (Å²) >= 11 is 0. The lowest BCUT2D eigenvalue weighted by Gasteiger charge is -2.45. The van der Waals surface area contributed by atoms with E-state index in [2.05, 4.69) is 44.9 Å². The van der Waals surface area contributed by atoms with Crippen molar-refractivity contribution >= 4 is 11.7 Å². The Morgan fingerprint density at radius 3 is 2.59 bits per heavy atom. The number of nitrogens with one attached hydrogen (secondary N) is 2. The van der Waals surface area contributed by atoms with E-state index < -0.39 is 0 Å². The number of carbonyl (C=O) groups excluding carboxylic acids is 1. The van der Waals surface area contributed by atoms with Crippen LogP contribution in [0.15, 0.2) is 36.5 Å². The fourth-order valence-electron chi connectivity index (χ4n) is 4.53. The average Bonchev–Trinajstić information content (AvgIpc) is 3.10. The van der Waals surface area contributed by atoms with Crippen LogP contribution in [0.1, 0.15) is 37.1 Å². The van der Waals surface area contributed by atoms with E-state index in [1.165, 1.54) is 18.9 Å². The van der Waals surface area contributed by atoms with Crippen molar-refractivity contribution in [2.75, 3.05) is 25.6 Å². The van der Waals surface area contributed by atoms with Crippen molar-refractivity contribution in [3.8, 4) is 11.9 Å². The molecule has 0 radical (unpaired) electrons. The van der Waals surface area contributed by atoms with E-state index in [4.69, 9.17) is 10.00 Å². The molecule has 2 N–H and O–H groups in total. The Bertz CT molecular complexity index is 947. The molecule has 1 saturated carbocycles. The highest BCUT2D eigenvalue weighted by molar-refractivity contribution is 5.96. The molecule has 150 valence electrons. The zero-order valence-corrected chi connectivity index (χ0v) is 16.6. The molecule has 2 amide bonds. The van der Waals surface area contributed by atoms with Crippen molar-refractivity contribution in [2.24, 2.45) is 0 Å². The number of carbonyl (C=O) groups is 1. The third-order valence-electron chi connectivity index (χ3n) is 6.26. The second-order valence-electron chi connectivity index (χ2n) is 7.69. The summed E-state index contributed by atoms with van der Waals surface area (Å²) in [5, 5.41) is 15.7. The van der Waals surface area contributed by atoms with E-state index in [0.717, 1.165) is 25.7 Å². The van der Waals surface area contributed by atoms with Gasteiger partial charge >= 0.3 is 6.03 Å². The smallest absolute Gasteiger partial charge is 0.322 e. The minimum Gasteiger partial charge on any atom is -0.479 e. The number of anilines is 1. The topological polar surface area (TPSA) is 103 Å².